The monoisotopic (exact) mass is 621 g/mol. The van der Waals surface area contributed by atoms with Gasteiger partial charge in [0.15, 0.2) is 11.5 Å². The fraction of sp³-hybridized carbons (Fsp3) is 0.344. The predicted octanol–water partition coefficient (Wildman–Crippen LogP) is 5.13. The second kappa shape index (κ2) is 15.0. The number of nitrogens with zero attached hydrogens (tertiary/aromatic N) is 5. The summed E-state index contributed by atoms with van der Waals surface area (Å²) in [7, 11) is 3.26. The van der Waals surface area contributed by atoms with Crippen LogP contribution in [0.25, 0.3) is 10.9 Å². The molecule has 4 aromatic rings. The summed E-state index contributed by atoms with van der Waals surface area (Å²) in [5.41, 5.74) is 2.47. The number of hydrazine groups is 1. The standard InChI is InChI=1S/C32H36ClN5O6/c1-23-4-7-26(18-28(23)33)44-25-8-5-24(6-9-25)38(22-39)37-12-10-36(11-13-37)32-27-19-30(42-16-14-40-2)31(43-17-15-41-3)20-29(27)34-21-35-32/h4-9,18-22H,10-17H2,1-3H3. The van der Waals surface area contributed by atoms with Gasteiger partial charge in [0.2, 0.25) is 6.41 Å². The zero-order chi connectivity index (χ0) is 30.9. The van der Waals surface area contributed by atoms with Gasteiger partial charge in [-0.1, -0.05) is 17.7 Å². The Morgan fingerprint density at radius 1 is 0.841 bits per heavy atom. The van der Waals surface area contributed by atoms with Crippen LogP contribution in [0.3, 0.4) is 0 Å². The molecule has 1 amide bonds. The Kier molecular flexibility index (Phi) is 10.7. The number of aromatic nitrogens is 2. The van der Waals surface area contributed by atoms with Crippen molar-refractivity contribution in [2.24, 2.45) is 0 Å². The lowest BCUT2D eigenvalue weighted by atomic mass is 10.2. The SMILES string of the molecule is COCCOc1cc2ncnc(N3CCN(N(C=O)c4ccc(Oc5ccc(C)c(Cl)c5)cc4)CC3)c2cc1OCCOC. The van der Waals surface area contributed by atoms with Gasteiger partial charge in [0.25, 0.3) is 0 Å². The second-order valence-corrected chi connectivity index (χ2v) is 10.5. The second-order valence-electron chi connectivity index (χ2n) is 10.1. The first-order valence-corrected chi connectivity index (χ1v) is 14.7. The van der Waals surface area contributed by atoms with Crippen LogP contribution in [-0.4, -0.2) is 88.2 Å². The van der Waals surface area contributed by atoms with Crippen LogP contribution in [0.4, 0.5) is 11.5 Å². The highest BCUT2D eigenvalue weighted by Crippen LogP contribution is 2.36. The highest BCUT2D eigenvalue weighted by molar-refractivity contribution is 6.31. The van der Waals surface area contributed by atoms with Crippen molar-refractivity contribution in [1.29, 1.82) is 0 Å². The molecule has 1 fully saturated rings. The fourth-order valence-electron chi connectivity index (χ4n) is 4.85. The van der Waals surface area contributed by atoms with E-state index in [-0.39, 0.29) is 0 Å². The number of anilines is 2. The number of halogens is 1. The average Bonchev–Trinajstić information content (AvgIpc) is 3.04. The van der Waals surface area contributed by atoms with E-state index in [0.717, 1.165) is 34.4 Å². The third kappa shape index (κ3) is 7.48. The maximum Gasteiger partial charge on any atom is 0.228 e. The van der Waals surface area contributed by atoms with Gasteiger partial charge in [-0.05, 0) is 55.0 Å². The molecule has 3 aromatic carbocycles. The molecule has 0 bridgehead atoms. The number of methoxy groups -OCH3 is 2. The first kappa shape index (κ1) is 31.3. The topological polar surface area (TPSA) is 98.7 Å². The third-order valence-electron chi connectivity index (χ3n) is 7.21. The summed E-state index contributed by atoms with van der Waals surface area (Å²) in [6.07, 6.45) is 2.39. The number of rotatable bonds is 14. The quantitative estimate of drug-likeness (QED) is 0.139. The molecule has 0 saturated carbocycles. The summed E-state index contributed by atoms with van der Waals surface area (Å²) >= 11 is 6.23. The van der Waals surface area contributed by atoms with Gasteiger partial charge >= 0.3 is 0 Å². The number of piperazine rings is 1. The fourth-order valence-corrected chi connectivity index (χ4v) is 5.02. The molecule has 0 atom stereocenters. The van der Waals surface area contributed by atoms with Crippen LogP contribution in [-0.2, 0) is 14.3 Å². The normalized spacial score (nSPS) is 13.6. The number of carbonyl (C=O) groups excluding carboxylic acids is 1. The summed E-state index contributed by atoms with van der Waals surface area (Å²) in [4.78, 5) is 23.5. The first-order valence-electron chi connectivity index (χ1n) is 14.3. The maximum absolute atomic E-state index is 12.2. The van der Waals surface area contributed by atoms with Crippen molar-refractivity contribution in [3.63, 3.8) is 0 Å². The van der Waals surface area contributed by atoms with Crippen LogP contribution in [0, 0.1) is 6.92 Å². The highest BCUT2D eigenvalue weighted by atomic mass is 35.5. The van der Waals surface area contributed by atoms with Crippen molar-refractivity contribution in [2.45, 2.75) is 6.92 Å². The lowest BCUT2D eigenvalue weighted by Gasteiger charge is -2.40. The van der Waals surface area contributed by atoms with Crippen molar-refractivity contribution in [1.82, 2.24) is 15.0 Å². The van der Waals surface area contributed by atoms with E-state index in [4.69, 9.17) is 35.3 Å². The van der Waals surface area contributed by atoms with Crippen LogP contribution in [0.2, 0.25) is 5.02 Å². The van der Waals surface area contributed by atoms with E-state index in [1.807, 2.05) is 60.5 Å². The van der Waals surface area contributed by atoms with Gasteiger partial charge in [0.1, 0.15) is 36.9 Å². The van der Waals surface area contributed by atoms with Crippen LogP contribution in [0.15, 0.2) is 60.9 Å². The van der Waals surface area contributed by atoms with E-state index < -0.39 is 0 Å². The molecule has 0 N–H and O–H groups in total. The Hall–Kier alpha value is -4.16. The molecule has 11 nitrogen and oxygen atoms in total. The van der Waals surface area contributed by atoms with Gasteiger partial charge in [-0.25, -0.2) is 20.0 Å². The lowest BCUT2D eigenvalue weighted by molar-refractivity contribution is -0.110. The van der Waals surface area contributed by atoms with Crippen molar-refractivity contribution in [3.05, 3.63) is 71.5 Å². The minimum absolute atomic E-state index is 0.374. The minimum atomic E-state index is 0.374. The van der Waals surface area contributed by atoms with Crippen LogP contribution >= 0.6 is 11.6 Å². The summed E-state index contributed by atoms with van der Waals surface area (Å²) in [5, 5.41) is 5.15. The number of benzene rings is 3. The Morgan fingerprint density at radius 3 is 2.14 bits per heavy atom. The summed E-state index contributed by atoms with van der Waals surface area (Å²) in [5.74, 6) is 3.27. The molecule has 2 heterocycles. The lowest BCUT2D eigenvalue weighted by Crippen LogP contribution is -2.54. The average molecular weight is 622 g/mol. The molecule has 232 valence electrons. The smallest absolute Gasteiger partial charge is 0.228 e. The molecular formula is C32H36ClN5O6. The molecule has 1 saturated heterocycles. The molecule has 1 aliphatic heterocycles. The Balaban J connectivity index is 1.27. The van der Waals surface area contributed by atoms with E-state index in [0.29, 0.717) is 80.6 Å². The van der Waals surface area contributed by atoms with E-state index in [2.05, 4.69) is 14.9 Å². The van der Waals surface area contributed by atoms with Gasteiger partial charge in [-0.15, -0.1) is 0 Å². The molecule has 0 spiro atoms. The largest absolute Gasteiger partial charge is 0.487 e. The maximum atomic E-state index is 12.2. The molecule has 5 rings (SSSR count). The van der Waals surface area contributed by atoms with Gasteiger partial charge < -0.3 is 28.6 Å². The van der Waals surface area contributed by atoms with E-state index >= 15 is 0 Å². The van der Waals surface area contributed by atoms with Gasteiger partial charge in [0, 0.05) is 56.9 Å². The molecule has 1 aliphatic rings. The number of hydrogen-bond acceptors (Lipinski definition) is 10. The van der Waals surface area contributed by atoms with Crippen molar-refractivity contribution in [3.8, 4) is 23.0 Å². The number of hydrogen-bond donors (Lipinski definition) is 0. The van der Waals surface area contributed by atoms with E-state index in [1.165, 1.54) is 0 Å². The zero-order valence-electron chi connectivity index (χ0n) is 25.1. The Morgan fingerprint density at radius 2 is 1.50 bits per heavy atom. The van der Waals surface area contributed by atoms with Gasteiger partial charge in [-0.2, -0.15) is 0 Å². The number of aryl methyl sites for hydroxylation is 1. The first-order chi connectivity index (χ1) is 21.5. The zero-order valence-corrected chi connectivity index (χ0v) is 25.8. The van der Waals surface area contributed by atoms with Crippen LogP contribution in [0.5, 0.6) is 23.0 Å². The van der Waals surface area contributed by atoms with Crippen molar-refractivity contribution in [2.75, 3.05) is 76.7 Å². The number of ether oxygens (including phenoxy) is 5. The molecule has 0 aliphatic carbocycles. The molecule has 12 heteroatoms. The summed E-state index contributed by atoms with van der Waals surface area (Å²) < 4.78 is 28.1. The summed E-state index contributed by atoms with van der Waals surface area (Å²) in [6.45, 7) is 6.12. The number of carbonyl (C=O) groups is 1. The van der Waals surface area contributed by atoms with Crippen molar-refractivity contribution >= 4 is 40.4 Å². The van der Waals surface area contributed by atoms with Crippen molar-refractivity contribution < 1.29 is 28.5 Å². The van der Waals surface area contributed by atoms with E-state index in [9.17, 15) is 4.79 Å². The predicted molar refractivity (Wildman–Crippen MR) is 169 cm³/mol. The molecule has 1 aromatic heterocycles. The van der Waals surface area contributed by atoms with Gasteiger partial charge in [-0.3, -0.25) is 4.79 Å². The number of amides is 1. The Bertz CT molecular complexity index is 1550. The van der Waals surface area contributed by atoms with Gasteiger partial charge in [0.05, 0.1) is 24.4 Å². The van der Waals surface area contributed by atoms with Crippen LogP contribution in [0.1, 0.15) is 5.56 Å². The van der Waals surface area contributed by atoms with Crippen LogP contribution < -0.4 is 24.1 Å². The summed E-state index contributed by atoms with van der Waals surface area (Å²) in [6, 6.07) is 16.7. The Labute approximate surface area is 261 Å². The third-order valence-corrected chi connectivity index (χ3v) is 7.62. The molecular weight excluding hydrogens is 586 g/mol. The minimum Gasteiger partial charge on any atom is -0.487 e. The molecule has 0 radical (unpaired) electrons. The molecule has 0 unspecified atom stereocenters. The number of fused-ring (bicyclic) bond motifs is 1. The van der Waals surface area contributed by atoms with E-state index in [1.54, 1.807) is 31.6 Å². The molecule has 44 heavy (non-hydrogen) atoms. The highest BCUT2D eigenvalue weighted by Gasteiger charge is 2.25.